The van der Waals surface area contributed by atoms with Crippen LogP contribution in [0.1, 0.15) is 27.2 Å². The third kappa shape index (κ3) is 2.14. The average Bonchev–Trinajstić information content (AvgIpc) is 2.70. The van der Waals surface area contributed by atoms with Gasteiger partial charge in [0.25, 0.3) is 0 Å². The lowest BCUT2D eigenvalue weighted by Gasteiger charge is -2.28. The Labute approximate surface area is 102 Å². The maximum Gasteiger partial charge on any atom is 0.407 e. The van der Waals surface area contributed by atoms with E-state index in [0.717, 1.165) is 18.8 Å². The summed E-state index contributed by atoms with van der Waals surface area (Å²) >= 11 is 0. The molecule has 1 fully saturated rings. The van der Waals surface area contributed by atoms with E-state index in [1.54, 1.807) is 0 Å². The number of hydrogen-bond acceptors (Lipinski definition) is 4. The SMILES string of the molecule is COC(=O)N[C@@H]1CC2=C(C)[C@H](C)N=C(C)N2C1. The number of carbonyl (C=O) groups excluding carboxylic acids is 1. The van der Waals surface area contributed by atoms with E-state index in [0.29, 0.717) is 0 Å². The largest absolute Gasteiger partial charge is 0.453 e. The predicted molar refractivity (Wildman–Crippen MR) is 65.9 cm³/mol. The number of methoxy groups -OCH3 is 1. The number of carbonyl (C=O) groups is 1. The first-order valence-corrected chi connectivity index (χ1v) is 5.89. The Morgan fingerprint density at radius 2 is 2.24 bits per heavy atom. The van der Waals surface area contributed by atoms with Crippen molar-refractivity contribution in [2.45, 2.75) is 39.3 Å². The number of rotatable bonds is 1. The molecule has 1 saturated heterocycles. The Bertz CT molecular complexity index is 401. The normalized spacial score (nSPS) is 27.8. The molecule has 2 heterocycles. The van der Waals surface area contributed by atoms with Gasteiger partial charge in [0.15, 0.2) is 0 Å². The van der Waals surface area contributed by atoms with Crippen LogP contribution in [-0.4, -0.2) is 42.6 Å². The number of aliphatic imine (C=N–C) groups is 1. The van der Waals surface area contributed by atoms with Gasteiger partial charge in [0.05, 0.1) is 19.2 Å². The maximum absolute atomic E-state index is 11.2. The summed E-state index contributed by atoms with van der Waals surface area (Å²) in [6.07, 6.45) is 0.494. The molecule has 0 aliphatic carbocycles. The molecule has 2 atom stereocenters. The van der Waals surface area contributed by atoms with E-state index in [1.165, 1.54) is 18.4 Å². The van der Waals surface area contributed by atoms with Crippen molar-refractivity contribution >= 4 is 11.9 Å². The minimum absolute atomic E-state index is 0.114. The van der Waals surface area contributed by atoms with Gasteiger partial charge in [0.2, 0.25) is 0 Å². The number of fused-ring (bicyclic) bond motifs is 1. The Morgan fingerprint density at radius 1 is 1.53 bits per heavy atom. The molecule has 0 aromatic heterocycles. The Balaban J connectivity index is 2.13. The van der Waals surface area contributed by atoms with Gasteiger partial charge in [-0.25, -0.2) is 4.79 Å². The highest BCUT2D eigenvalue weighted by atomic mass is 16.5. The summed E-state index contributed by atoms with van der Waals surface area (Å²) in [5, 5.41) is 2.85. The molecule has 2 aliphatic rings. The minimum Gasteiger partial charge on any atom is -0.453 e. The molecule has 5 heteroatoms. The Hall–Kier alpha value is -1.52. The third-order valence-electron chi connectivity index (χ3n) is 3.53. The zero-order valence-corrected chi connectivity index (χ0v) is 10.8. The summed E-state index contributed by atoms with van der Waals surface area (Å²) in [7, 11) is 1.39. The summed E-state index contributed by atoms with van der Waals surface area (Å²) in [6, 6.07) is 0.362. The highest BCUT2D eigenvalue weighted by Gasteiger charge is 2.33. The molecule has 5 nitrogen and oxygen atoms in total. The molecule has 0 unspecified atom stereocenters. The molecule has 0 aromatic rings. The zero-order chi connectivity index (χ0) is 12.6. The quantitative estimate of drug-likeness (QED) is 0.752. The molecule has 1 N–H and O–H groups in total. The van der Waals surface area contributed by atoms with Crippen molar-refractivity contribution in [1.29, 1.82) is 0 Å². The van der Waals surface area contributed by atoms with E-state index in [1.807, 2.05) is 6.92 Å². The number of ether oxygens (including phenoxy) is 1. The van der Waals surface area contributed by atoms with E-state index in [2.05, 4.69) is 33.8 Å². The maximum atomic E-state index is 11.2. The van der Waals surface area contributed by atoms with Gasteiger partial charge in [0.1, 0.15) is 5.84 Å². The van der Waals surface area contributed by atoms with E-state index in [9.17, 15) is 4.79 Å². The van der Waals surface area contributed by atoms with Crippen molar-refractivity contribution < 1.29 is 9.53 Å². The molecule has 1 amide bonds. The van der Waals surface area contributed by atoms with Gasteiger partial charge < -0.3 is 15.0 Å². The third-order valence-corrected chi connectivity index (χ3v) is 3.53. The molecule has 2 rings (SSSR count). The molecule has 17 heavy (non-hydrogen) atoms. The standard InChI is InChI=1S/C12H19N3O2/c1-7-8(2)13-9(3)15-6-10(5-11(7)15)14-12(16)17-4/h8,10H,5-6H2,1-4H3,(H,14,16)/t8-,10+/m0/s1. The topological polar surface area (TPSA) is 53.9 Å². The van der Waals surface area contributed by atoms with Crippen LogP contribution >= 0.6 is 0 Å². The summed E-state index contributed by atoms with van der Waals surface area (Å²) in [5.74, 6) is 1.03. The fourth-order valence-corrected chi connectivity index (χ4v) is 2.45. The second-order valence-electron chi connectivity index (χ2n) is 4.63. The first-order valence-electron chi connectivity index (χ1n) is 5.89. The van der Waals surface area contributed by atoms with Crippen LogP contribution in [0.15, 0.2) is 16.3 Å². The number of nitrogens with zero attached hydrogens (tertiary/aromatic N) is 2. The van der Waals surface area contributed by atoms with Gasteiger partial charge in [0, 0.05) is 18.7 Å². The Kier molecular flexibility index (Phi) is 3.09. The van der Waals surface area contributed by atoms with Gasteiger partial charge in [-0.2, -0.15) is 0 Å². The lowest BCUT2D eigenvalue weighted by Crippen LogP contribution is -2.38. The van der Waals surface area contributed by atoms with Crippen LogP contribution < -0.4 is 5.32 Å². The number of amidine groups is 1. The smallest absolute Gasteiger partial charge is 0.407 e. The van der Waals surface area contributed by atoms with Crippen molar-refractivity contribution in [3.63, 3.8) is 0 Å². The second kappa shape index (κ2) is 4.39. The van der Waals surface area contributed by atoms with Gasteiger partial charge in [-0.3, -0.25) is 4.99 Å². The van der Waals surface area contributed by atoms with Crippen LogP contribution in [-0.2, 0) is 4.74 Å². The summed E-state index contributed by atoms with van der Waals surface area (Å²) in [4.78, 5) is 18.0. The van der Waals surface area contributed by atoms with Gasteiger partial charge in [-0.1, -0.05) is 0 Å². The van der Waals surface area contributed by atoms with Crippen molar-refractivity contribution in [2.75, 3.05) is 13.7 Å². The lowest BCUT2D eigenvalue weighted by atomic mass is 10.0. The molecular formula is C12H19N3O2. The molecule has 0 aromatic carbocycles. The number of hydrogen-bond donors (Lipinski definition) is 1. The van der Waals surface area contributed by atoms with Crippen molar-refractivity contribution in [3.05, 3.63) is 11.3 Å². The van der Waals surface area contributed by atoms with Crippen LogP contribution in [0.3, 0.4) is 0 Å². The molecule has 0 bridgehead atoms. The molecule has 94 valence electrons. The van der Waals surface area contributed by atoms with Crippen molar-refractivity contribution in [2.24, 2.45) is 4.99 Å². The van der Waals surface area contributed by atoms with E-state index >= 15 is 0 Å². The van der Waals surface area contributed by atoms with Crippen molar-refractivity contribution in [1.82, 2.24) is 10.2 Å². The van der Waals surface area contributed by atoms with Gasteiger partial charge in [-0.15, -0.1) is 0 Å². The first kappa shape index (κ1) is 12.0. The molecule has 2 aliphatic heterocycles. The van der Waals surface area contributed by atoms with E-state index in [-0.39, 0.29) is 18.2 Å². The summed E-state index contributed by atoms with van der Waals surface area (Å²) in [5.41, 5.74) is 2.59. The van der Waals surface area contributed by atoms with Crippen LogP contribution in [0.25, 0.3) is 0 Å². The van der Waals surface area contributed by atoms with E-state index in [4.69, 9.17) is 0 Å². The van der Waals surface area contributed by atoms with Crippen LogP contribution in [0.2, 0.25) is 0 Å². The molecular weight excluding hydrogens is 218 g/mol. The average molecular weight is 237 g/mol. The van der Waals surface area contributed by atoms with Gasteiger partial charge in [-0.05, 0) is 26.3 Å². The van der Waals surface area contributed by atoms with Crippen LogP contribution in [0.5, 0.6) is 0 Å². The fourth-order valence-electron chi connectivity index (χ4n) is 2.45. The minimum atomic E-state index is -0.365. The van der Waals surface area contributed by atoms with Gasteiger partial charge >= 0.3 is 6.09 Å². The summed E-state index contributed by atoms with van der Waals surface area (Å²) in [6.45, 7) is 7.01. The first-order chi connectivity index (χ1) is 8.02. The highest BCUT2D eigenvalue weighted by Crippen LogP contribution is 2.30. The van der Waals surface area contributed by atoms with Crippen LogP contribution in [0.4, 0.5) is 4.79 Å². The fraction of sp³-hybridized carbons (Fsp3) is 0.667. The number of alkyl carbamates (subject to hydrolysis) is 1. The highest BCUT2D eigenvalue weighted by molar-refractivity contribution is 5.84. The zero-order valence-electron chi connectivity index (χ0n) is 10.8. The van der Waals surface area contributed by atoms with Crippen LogP contribution in [0, 0.1) is 0 Å². The monoisotopic (exact) mass is 237 g/mol. The second-order valence-corrected chi connectivity index (χ2v) is 4.63. The Morgan fingerprint density at radius 3 is 2.88 bits per heavy atom. The molecule has 0 spiro atoms. The van der Waals surface area contributed by atoms with E-state index < -0.39 is 0 Å². The molecule has 0 radical (unpaired) electrons. The number of nitrogens with one attached hydrogen (secondary N) is 1. The summed E-state index contributed by atoms with van der Waals surface area (Å²) < 4.78 is 4.63. The van der Waals surface area contributed by atoms with Crippen molar-refractivity contribution in [3.8, 4) is 0 Å². The lowest BCUT2D eigenvalue weighted by molar-refractivity contribution is 0.167. The molecule has 0 saturated carbocycles. The predicted octanol–water partition coefficient (Wildman–Crippen LogP) is 1.51. The number of amides is 1.